The molecule has 0 fully saturated rings. The Kier molecular flexibility index (Phi) is 3.52. The highest BCUT2D eigenvalue weighted by Gasteiger charge is 1.81. The predicted octanol–water partition coefficient (Wildman–Crippen LogP) is 0.793. The number of hydrogen-bond acceptors (Lipinski definition) is 1. The zero-order valence-corrected chi connectivity index (χ0v) is 5.26. The molecule has 3 unspecified atom stereocenters. The van der Waals surface area contributed by atoms with Crippen LogP contribution in [0.25, 0.3) is 0 Å². The molecule has 0 rings (SSSR count). The molecular weight excluding hydrogens is 102 g/mol. The first kappa shape index (κ1) is 5.82. The summed E-state index contributed by atoms with van der Waals surface area (Å²) in [6, 6.07) is 0. The molecule has 3 atom stereocenters. The minimum atomic E-state index is 0.0772. The summed E-state index contributed by atoms with van der Waals surface area (Å²) in [5.41, 5.74) is 0. The van der Waals surface area contributed by atoms with E-state index in [4.69, 9.17) is 4.89 Å². The van der Waals surface area contributed by atoms with Crippen molar-refractivity contribution >= 4 is 18.0 Å². The highest BCUT2D eigenvalue weighted by atomic mass is 31.1. The largest absolute Gasteiger partial charge is 0.376 e. The molecule has 0 aromatic rings. The average Bonchev–Trinajstić information content (AvgIpc) is 1.38. The van der Waals surface area contributed by atoms with Gasteiger partial charge in [-0.3, -0.25) is 0 Å². The standard InChI is InChI=1S/C2H8OP2/c1-2(4)5-3/h2-3,5H,4H2,1H3. The van der Waals surface area contributed by atoms with Crippen molar-refractivity contribution in [2.24, 2.45) is 0 Å². The van der Waals surface area contributed by atoms with Crippen LogP contribution in [0.3, 0.4) is 0 Å². The van der Waals surface area contributed by atoms with Gasteiger partial charge < -0.3 is 4.89 Å². The SMILES string of the molecule is CC(P)PO. The van der Waals surface area contributed by atoms with E-state index in [1.165, 1.54) is 0 Å². The summed E-state index contributed by atoms with van der Waals surface area (Å²) in [6.07, 6.45) is 0. The minimum absolute atomic E-state index is 0.0772. The van der Waals surface area contributed by atoms with Gasteiger partial charge in [-0.1, -0.05) is 6.92 Å². The van der Waals surface area contributed by atoms with E-state index in [1.54, 1.807) is 0 Å². The van der Waals surface area contributed by atoms with Crippen molar-refractivity contribution in [2.45, 2.75) is 12.3 Å². The zero-order valence-electron chi connectivity index (χ0n) is 3.10. The first-order valence-electron chi connectivity index (χ1n) is 1.42. The maximum atomic E-state index is 8.15. The van der Waals surface area contributed by atoms with Gasteiger partial charge in [0.1, 0.15) is 0 Å². The molecule has 0 saturated heterocycles. The molecule has 1 nitrogen and oxygen atoms in total. The van der Waals surface area contributed by atoms with E-state index in [1.807, 2.05) is 6.92 Å². The lowest BCUT2D eigenvalue weighted by Gasteiger charge is -1.89. The summed E-state index contributed by atoms with van der Waals surface area (Å²) < 4.78 is 0. The number of hydrogen-bond donors (Lipinski definition) is 1. The van der Waals surface area contributed by atoms with Crippen molar-refractivity contribution in [1.29, 1.82) is 0 Å². The Bertz CT molecular complexity index is 21.6. The molecule has 0 radical (unpaired) electrons. The van der Waals surface area contributed by atoms with E-state index >= 15 is 0 Å². The highest BCUT2D eigenvalue weighted by molar-refractivity contribution is 7.45. The lowest BCUT2D eigenvalue weighted by atomic mass is 11.0. The van der Waals surface area contributed by atoms with Crippen molar-refractivity contribution < 1.29 is 4.89 Å². The van der Waals surface area contributed by atoms with Crippen LogP contribution < -0.4 is 0 Å². The average molecular weight is 110 g/mol. The third-order valence-corrected chi connectivity index (χ3v) is 1.06. The molecule has 5 heavy (non-hydrogen) atoms. The lowest BCUT2D eigenvalue weighted by Crippen LogP contribution is -1.69. The third kappa shape index (κ3) is 4.82. The van der Waals surface area contributed by atoms with Crippen LogP contribution in [-0.2, 0) is 0 Å². The summed E-state index contributed by atoms with van der Waals surface area (Å²) in [7, 11) is 2.57. The zero-order chi connectivity index (χ0) is 4.28. The topological polar surface area (TPSA) is 20.2 Å². The van der Waals surface area contributed by atoms with E-state index in [0.717, 1.165) is 0 Å². The fourth-order valence-electron chi connectivity index (χ4n) is 0. The molecule has 1 N–H and O–H groups in total. The summed E-state index contributed by atoms with van der Waals surface area (Å²) in [6.45, 7) is 1.95. The van der Waals surface area contributed by atoms with Gasteiger partial charge in [0.05, 0.1) is 0 Å². The van der Waals surface area contributed by atoms with E-state index in [2.05, 4.69) is 9.24 Å². The maximum Gasteiger partial charge on any atom is 0.0174 e. The summed E-state index contributed by atoms with van der Waals surface area (Å²) >= 11 is 0. The van der Waals surface area contributed by atoms with Gasteiger partial charge in [-0.25, -0.2) is 0 Å². The normalized spacial score (nSPS) is 17.4. The molecule has 0 aromatic carbocycles. The first-order chi connectivity index (χ1) is 2.27. The van der Waals surface area contributed by atoms with Crippen molar-refractivity contribution in [1.82, 2.24) is 0 Å². The Morgan fingerprint density at radius 2 is 2.20 bits per heavy atom. The van der Waals surface area contributed by atoms with Gasteiger partial charge in [0.2, 0.25) is 0 Å². The van der Waals surface area contributed by atoms with Crippen LogP contribution >= 0.6 is 18.0 Å². The quantitative estimate of drug-likeness (QED) is 0.495. The van der Waals surface area contributed by atoms with E-state index in [-0.39, 0.29) is 8.81 Å². The molecule has 0 bridgehead atoms. The van der Waals surface area contributed by atoms with Gasteiger partial charge in [-0.15, -0.1) is 9.24 Å². The van der Waals surface area contributed by atoms with Crippen LogP contribution in [0.2, 0.25) is 0 Å². The fourth-order valence-corrected chi connectivity index (χ4v) is 0. The molecule has 0 spiro atoms. The number of rotatable bonds is 1. The van der Waals surface area contributed by atoms with Crippen LogP contribution in [0.5, 0.6) is 0 Å². The highest BCUT2D eigenvalue weighted by Crippen LogP contribution is 2.17. The molecule has 0 aliphatic rings. The molecule has 3 heteroatoms. The fraction of sp³-hybridized carbons (Fsp3) is 1.00. The Balaban J connectivity index is 2.54. The van der Waals surface area contributed by atoms with E-state index < -0.39 is 0 Å². The van der Waals surface area contributed by atoms with Gasteiger partial charge in [-0.2, -0.15) is 0 Å². The molecular formula is C2H8OP2. The van der Waals surface area contributed by atoms with E-state index in [9.17, 15) is 0 Å². The third-order valence-electron chi connectivity index (χ3n) is 0.204. The molecule has 32 valence electrons. The van der Waals surface area contributed by atoms with Crippen molar-refractivity contribution in [2.75, 3.05) is 0 Å². The molecule has 0 aliphatic heterocycles. The molecule has 0 aromatic heterocycles. The summed E-state index contributed by atoms with van der Waals surface area (Å²) in [4.78, 5) is 8.15. The van der Waals surface area contributed by atoms with Crippen LogP contribution in [0.4, 0.5) is 0 Å². The van der Waals surface area contributed by atoms with Crippen molar-refractivity contribution in [3.05, 3.63) is 0 Å². The van der Waals surface area contributed by atoms with Crippen LogP contribution in [0.15, 0.2) is 0 Å². The second-order valence-corrected chi connectivity index (χ2v) is 3.75. The Hall–Kier alpha value is 0.820. The Morgan fingerprint density at radius 1 is 2.00 bits per heavy atom. The monoisotopic (exact) mass is 110 g/mol. The second kappa shape index (κ2) is 3.03. The summed E-state index contributed by atoms with van der Waals surface area (Å²) in [5, 5.41) is 0.384. The van der Waals surface area contributed by atoms with Crippen molar-refractivity contribution in [3.8, 4) is 0 Å². The molecule has 0 amide bonds. The molecule has 0 aliphatic carbocycles. The van der Waals surface area contributed by atoms with Gasteiger partial charge in [0, 0.05) is 14.2 Å². The second-order valence-electron chi connectivity index (χ2n) is 0.918. The van der Waals surface area contributed by atoms with Crippen LogP contribution in [-0.4, -0.2) is 10.3 Å². The van der Waals surface area contributed by atoms with Gasteiger partial charge in [0.25, 0.3) is 0 Å². The maximum absolute atomic E-state index is 8.15. The van der Waals surface area contributed by atoms with Gasteiger partial charge in [-0.05, 0) is 0 Å². The van der Waals surface area contributed by atoms with Gasteiger partial charge >= 0.3 is 0 Å². The van der Waals surface area contributed by atoms with E-state index in [0.29, 0.717) is 5.40 Å². The molecule has 0 saturated carbocycles. The van der Waals surface area contributed by atoms with Crippen LogP contribution in [0.1, 0.15) is 6.92 Å². The lowest BCUT2D eigenvalue weighted by molar-refractivity contribution is 0.644. The van der Waals surface area contributed by atoms with Crippen molar-refractivity contribution in [3.63, 3.8) is 0 Å². The van der Waals surface area contributed by atoms with Crippen LogP contribution in [0, 0.1) is 0 Å². The smallest absolute Gasteiger partial charge is 0.0174 e. The Morgan fingerprint density at radius 3 is 2.20 bits per heavy atom. The molecule has 0 heterocycles. The minimum Gasteiger partial charge on any atom is -0.376 e. The van der Waals surface area contributed by atoms with Gasteiger partial charge in [0.15, 0.2) is 0 Å². The first-order valence-corrected chi connectivity index (χ1v) is 3.11. The summed E-state index contributed by atoms with van der Waals surface area (Å²) in [5.74, 6) is 0. The Labute approximate surface area is 36.2 Å². The predicted molar refractivity (Wildman–Crippen MR) is 29.7 cm³/mol.